The van der Waals surface area contributed by atoms with Gasteiger partial charge in [-0.15, -0.1) is 0 Å². The second-order valence-corrected chi connectivity index (χ2v) is 2.26. The molecule has 0 aliphatic heterocycles. The average molecular weight is 163 g/mol. The van der Waals surface area contributed by atoms with Crippen LogP contribution in [0.4, 0.5) is 0 Å². The Morgan fingerprint density at radius 3 is 2.33 bits per heavy atom. The molecule has 0 bridgehead atoms. The first-order valence-corrected chi connectivity index (χ1v) is 4.38. The molecule has 1 aromatic rings. The first kappa shape index (κ1) is 10.9. The molecule has 1 heteroatoms. The summed E-state index contributed by atoms with van der Waals surface area (Å²) in [5.41, 5.74) is 2.22. The molecule has 0 radical (unpaired) electrons. The van der Waals surface area contributed by atoms with Crippen LogP contribution >= 0.6 is 0 Å². The molecular formula is C11H17N. The lowest BCUT2D eigenvalue weighted by Crippen LogP contribution is -1.79. The summed E-state index contributed by atoms with van der Waals surface area (Å²) in [6.07, 6.45) is 5.84. The van der Waals surface area contributed by atoms with Gasteiger partial charge < -0.3 is 0 Å². The molecule has 66 valence electrons. The molecule has 12 heavy (non-hydrogen) atoms. The minimum Gasteiger partial charge on any atom is -0.257 e. The Morgan fingerprint density at radius 2 is 1.92 bits per heavy atom. The van der Waals surface area contributed by atoms with Crippen molar-refractivity contribution in [1.29, 1.82) is 0 Å². The summed E-state index contributed by atoms with van der Waals surface area (Å²) < 4.78 is 0. The van der Waals surface area contributed by atoms with Crippen molar-refractivity contribution in [2.45, 2.75) is 27.7 Å². The topological polar surface area (TPSA) is 12.9 Å². The van der Waals surface area contributed by atoms with Crippen LogP contribution < -0.4 is 0 Å². The van der Waals surface area contributed by atoms with Crippen molar-refractivity contribution >= 4 is 6.08 Å². The third-order valence-corrected chi connectivity index (χ3v) is 1.27. The second kappa shape index (κ2) is 6.59. The summed E-state index contributed by atoms with van der Waals surface area (Å²) in [4.78, 5) is 4.18. The highest BCUT2D eigenvalue weighted by molar-refractivity contribution is 5.43. The zero-order valence-electron chi connectivity index (χ0n) is 8.33. The van der Waals surface area contributed by atoms with E-state index in [9.17, 15) is 0 Å². The van der Waals surface area contributed by atoms with Gasteiger partial charge in [0.25, 0.3) is 0 Å². The van der Waals surface area contributed by atoms with Gasteiger partial charge in [0.2, 0.25) is 0 Å². The highest BCUT2D eigenvalue weighted by atomic mass is 14.7. The van der Waals surface area contributed by atoms with Crippen LogP contribution in [0.5, 0.6) is 0 Å². The van der Waals surface area contributed by atoms with E-state index < -0.39 is 0 Å². The standard InChI is InChI=1S/C9H11N.C2H6/c1-3-4-9-6-5-8(2)7-10-9;1-2/h3-7H,1-2H3;1-2H3/b4-3+;. The molecule has 0 amide bonds. The molecule has 0 N–H and O–H groups in total. The molecule has 0 aliphatic carbocycles. The van der Waals surface area contributed by atoms with Gasteiger partial charge in [0, 0.05) is 6.20 Å². The average Bonchev–Trinajstić information content (AvgIpc) is 2.13. The summed E-state index contributed by atoms with van der Waals surface area (Å²) in [6.45, 7) is 8.02. The van der Waals surface area contributed by atoms with Crippen molar-refractivity contribution in [2.24, 2.45) is 0 Å². The number of hydrogen-bond acceptors (Lipinski definition) is 1. The van der Waals surface area contributed by atoms with E-state index in [1.807, 2.05) is 52.1 Å². The van der Waals surface area contributed by atoms with Crippen LogP contribution in [0.1, 0.15) is 32.0 Å². The van der Waals surface area contributed by atoms with E-state index >= 15 is 0 Å². The third kappa shape index (κ3) is 3.91. The maximum atomic E-state index is 4.18. The van der Waals surface area contributed by atoms with Gasteiger partial charge in [-0.25, -0.2) is 0 Å². The summed E-state index contributed by atoms with van der Waals surface area (Å²) in [6, 6.07) is 4.07. The monoisotopic (exact) mass is 163 g/mol. The van der Waals surface area contributed by atoms with Crippen LogP contribution in [0.15, 0.2) is 24.4 Å². The molecule has 0 saturated carbocycles. The lowest BCUT2D eigenvalue weighted by atomic mass is 10.3. The predicted octanol–water partition coefficient (Wildman–Crippen LogP) is 3.45. The quantitative estimate of drug-likeness (QED) is 0.618. The maximum absolute atomic E-state index is 4.18. The summed E-state index contributed by atoms with van der Waals surface area (Å²) in [5.74, 6) is 0. The van der Waals surface area contributed by atoms with Crippen molar-refractivity contribution < 1.29 is 0 Å². The number of rotatable bonds is 1. The van der Waals surface area contributed by atoms with Gasteiger partial charge in [0.1, 0.15) is 0 Å². The smallest absolute Gasteiger partial charge is 0.0626 e. The highest BCUT2D eigenvalue weighted by Crippen LogP contribution is 1.99. The van der Waals surface area contributed by atoms with Crippen LogP contribution in [0.25, 0.3) is 6.08 Å². The Bertz CT molecular complexity index is 221. The largest absolute Gasteiger partial charge is 0.257 e. The van der Waals surface area contributed by atoms with Crippen LogP contribution in [0, 0.1) is 6.92 Å². The number of aryl methyl sites for hydroxylation is 1. The van der Waals surface area contributed by atoms with E-state index in [0.717, 1.165) is 5.69 Å². The van der Waals surface area contributed by atoms with Crippen molar-refractivity contribution in [3.63, 3.8) is 0 Å². The molecule has 0 spiro atoms. The first-order chi connectivity index (χ1) is 5.83. The van der Waals surface area contributed by atoms with Gasteiger partial charge in [-0.3, -0.25) is 4.98 Å². The Kier molecular flexibility index (Phi) is 5.98. The third-order valence-electron chi connectivity index (χ3n) is 1.27. The molecule has 0 atom stereocenters. The fraction of sp³-hybridized carbons (Fsp3) is 0.364. The van der Waals surface area contributed by atoms with Crippen molar-refractivity contribution in [3.05, 3.63) is 35.7 Å². The van der Waals surface area contributed by atoms with E-state index in [4.69, 9.17) is 0 Å². The SMILES string of the molecule is C/C=C/c1ccc(C)cn1.CC. The molecule has 0 unspecified atom stereocenters. The minimum atomic E-state index is 1.02. The van der Waals surface area contributed by atoms with Crippen molar-refractivity contribution in [1.82, 2.24) is 4.98 Å². The molecule has 1 rings (SSSR count). The molecule has 0 aromatic carbocycles. The van der Waals surface area contributed by atoms with Crippen LogP contribution in [0.2, 0.25) is 0 Å². The lowest BCUT2D eigenvalue weighted by molar-refractivity contribution is 1.24. The summed E-state index contributed by atoms with van der Waals surface area (Å²) in [7, 11) is 0. The number of allylic oxidation sites excluding steroid dienone is 1. The lowest BCUT2D eigenvalue weighted by Gasteiger charge is -1.91. The number of hydrogen-bond donors (Lipinski definition) is 0. The number of nitrogens with zero attached hydrogens (tertiary/aromatic N) is 1. The van der Waals surface area contributed by atoms with E-state index in [2.05, 4.69) is 11.1 Å². The number of aromatic nitrogens is 1. The molecule has 1 heterocycles. The second-order valence-electron chi connectivity index (χ2n) is 2.26. The van der Waals surface area contributed by atoms with Crippen LogP contribution in [-0.4, -0.2) is 4.98 Å². The zero-order chi connectivity index (χ0) is 9.40. The van der Waals surface area contributed by atoms with Gasteiger partial charge in [0.15, 0.2) is 0 Å². The minimum absolute atomic E-state index is 1.02. The zero-order valence-corrected chi connectivity index (χ0v) is 8.33. The Labute approximate surface area is 75.2 Å². The first-order valence-electron chi connectivity index (χ1n) is 4.38. The molecule has 0 saturated heterocycles. The molecular weight excluding hydrogens is 146 g/mol. The summed E-state index contributed by atoms with van der Waals surface area (Å²) in [5, 5.41) is 0. The molecule has 1 aromatic heterocycles. The van der Waals surface area contributed by atoms with Gasteiger partial charge >= 0.3 is 0 Å². The van der Waals surface area contributed by atoms with Gasteiger partial charge in [-0.2, -0.15) is 0 Å². The molecule has 0 aliphatic rings. The van der Waals surface area contributed by atoms with Crippen molar-refractivity contribution in [2.75, 3.05) is 0 Å². The molecule has 0 fully saturated rings. The Hall–Kier alpha value is -1.11. The van der Waals surface area contributed by atoms with Crippen molar-refractivity contribution in [3.8, 4) is 0 Å². The van der Waals surface area contributed by atoms with E-state index in [0.29, 0.717) is 0 Å². The number of pyridine rings is 1. The maximum Gasteiger partial charge on any atom is 0.0626 e. The van der Waals surface area contributed by atoms with Gasteiger partial charge in [-0.05, 0) is 31.6 Å². The summed E-state index contributed by atoms with van der Waals surface area (Å²) >= 11 is 0. The Balaban J connectivity index is 0.000000561. The van der Waals surface area contributed by atoms with Gasteiger partial charge in [0.05, 0.1) is 5.69 Å². The fourth-order valence-corrected chi connectivity index (χ4v) is 0.749. The molecule has 1 nitrogen and oxygen atoms in total. The van der Waals surface area contributed by atoms with E-state index in [1.165, 1.54) is 5.56 Å². The van der Waals surface area contributed by atoms with Crippen LogP contribution in [0.3, 0.4) is 0 Å². The predicted molar refractivity (Wildman–Crippen MR) is 55.0 cm³/mol. The Morgan fingerprint density at radius 1 is 1.25 bits per heavy atom. The normalized spacial score (nSPS) is 9.33. The van der Waals surface area contributed by atoms with E-state index in [1.54, 1.807) is 0 Å². The van der Waals surface area contributed by atoms with E-state index in [-0.39, 0.29) is 0 Å². The van der Waals surface area contributed by atoms with Gasteiger partial charge in [-0.1, -0.05) is 26.0 Å². The fourth-order valence-electron chi connectivity index (χ4n) is 0.749. The highest BCUT2D eigenvalue weighted by Gasteiger charge is 1.84. The van der Waals surface area contributed by atoms with Crippen LogP contribution in [-0.2, 0) is 0 Å².